The second kappa shape index (κ2) is 10.1. The van der Waals surface area contributed by atoms with E-state index in [1.165, 1.54) is 36.9 Å². The van der Waals surface area contributed by atoms with Gasteiger partial charge >= 0.3 is 0 Å². The topological polar surface area (TPSA) is 15.3 Å². The molecule has 0 unspecified atom stereocenters. The van der Waals surface area contributed by atoms with Gasteiger partial charge in [-0.2, -0.15) is 0 Å². The zero-order valence-electron chi connectivity index (χ0n) is 14.1. The van der Waals surface area contributed by atoms with Crippen LogP contribution in [0.4, 0.5) is 5.69 Å². The van der Waals surface area contributed by atoms with Crippen LogP contribution >= 0.6 is 11.6 Å². The Labute approximate surface area is 135 Å². The monoisotopic (exact) mass is 310 g/mol. The molecule has 0 radical (unpaired) electrons. The lowest BCUT2D eigenvalue weighted by Crippen LogP contribution is -2.28. The number of nitrogens with zero attached hydrogens (tertiary/aromatic N) is 1. The van der Waals surface area contributed by atoms with E-state index in [-0.39, 0.29) is 0 Å². The highest BCUT2D eigenvalue weighted by atomic mass is 35.5. The molecule has 3 heteroatoms. The van der Waals surface area contributed by atoms with E-state index in [0.717, 1.165) is 24.7 Å². The summed E-state index contributed by atoms with van der Waals surface area (Å²) in [6.45, 7) is 12.0. The number of rotatable bonds is 10. The molecule has 0 saturated heterocycles. The van der Waals surface area contributed by atoms with Crippen molar-refractivity contribution in [3.8, 4) is 0 Å². The fourth-order valence-corrected chi connectivity index (χ4v) is 2.56. The first-order valence-electron chi connectivity index (χ1n) is 8.35. The zero-order valence-corrected chi connectivity index (χ0v) is 14.8. The van der Waals surface area contributed by atoms with Crippen molar-refractivity contribution in [1.82, 2.24) is 5.32 Å². The van der Waals surface area contributed by atoms with E-state index < -0.39 is 0 Å². The highest BCUT2D eigenvalue weighted by Crippen LogP contribution is 2.25. The molecule has 1 aromatic carbocycles. The van der Waals surface area contributed by atoms with Gasteiger partial charge in [-0.05, 0) is 36.6 Å². The summed E-state index contributed by atoms with van der Waals surface area (Å²) >= 11 is 6.20. The Bertz CT molecular complexity index is 396. The SMILES string of the molecule is CCCCN(CCCC)c1ccc(Cl)cc1CNC(C)C. The molecule has 0 amide bonds. The molecule has 120 valence electrons. The number of anilines is 1. The minimum Gasteiger partial charge on any atom is -0.371 e. The maximum Gasteiger partial charge on any atom is 0.0412 e. The van der Waals surface area contributed by atoms with Crippen molar-refractivity contribution in [3.05, 3.63) is 28.8 Å². The van der Waals surface area contributed by atoms with Gasteiger partial charge in [0.1, 0.15) is 0 Å². The van der Waals surface area contributed by atoms with Gasteiger partial charge < -0.3 is 10.2 Å². The molecular weight excluding hydrogens is 280 g/mol. The van der Waals surface area contributed by atoms with Gasteiger partial charge in [0.25, 0.3) is 0 Å². The molecule has 1 N–H and O–H groups in total. The fourth-order valence-electron chi connectivity index (χ4n) is 2.37. The number of hydrogen-bond acceptors (Lipinski definition) is 2. The Kier molecular flexibility index (Phi) is 8.79. The molecule has 0 aliphatic rings. The molecule has 0 aliphatic heterocycles. The molecule has 21 heavy (non-hydrogen) atoms. The summed E-state index contributed by atoms with van der Waals surface area (Å²) < 4.78 is 0. The Hall–Kier alpha value is -0.730. The van der Waals surface area contributed by atoms with Gasteiger partial charge in [0.15, 0.2) is 0 Å². The van der Waals surface area contributed by atoms with Crippen molar-refractivity contribution in [2.75, 3.05) is 18.0 Å². The molecule has 0 saturated carbocycles. The first-order valence-corrected chi connectivity index (χ1v) is 8.73. The van der Waals surface area contributed by atoms with Crippen LogP contribution in [0.2, 0.25) is 5.02 Å². The van der Waals surface area contributed by atoms with Crippen LogP contribution in [0.3, 0.4) is 0 Å². The second-order valence-electron chi connectivity index (χ2n) is 6.00. The van der Waals surface area contributed by atoms with Crippen molar-refractivity contribution in [2.45, 2.75) is 66.0 Å². The summed E-state index contributed by atoms with van der Waals surface area (Å²) in [5.74, 6) is 0. The average molecular weight is 311 g/mol. The molecule has 0 atom stereocenters. The van der Waals surface area contributed by atoms with Gasteiger partial charge in [0.2, 0.25) is 0 Å². The predicted molar refractivity (Wildman–Crippen MR) is 95.5 cm³/mol. The van der Waals surface area contributed by atoms with Gasteiger partial charge in [-0.25, -0.2) is 0 Å². The maximum absolute atomic E-state index is 6.20. The number of benzene rings is 1. The lowest BCUT2D eigenvalue weighted by atomic mass is 10.1. The van der Waals surface area contributed by atoms with Gasteiger partial charge in [-0.1, -0.05) is 52.1 Å². The average Bonchev–Trinajstić information content (AvgIpc) is 2.46. The Balaban J connectivity index is 2.92. The van der Waals surface area contributed by atoms with Gasteiger partial charge in [-0.15, -0.1) is 0 Å². The molecule has 1 aromatic rings. The van der Waals surface area contributed by atoms with Crippen LogP contribution in [-0.4, -0.2) is 19.1 Å². The lowest BCUT2D eigenvalue weighted by molar-refractivity contribution is 0.586. The minimum atomic E-state index is 0.483. The highest BCUT2D eigenvalue weighted by molar-refractivity contribution is 6.30. The summed E-state index contributed by atoms with van der Waals surface area (Å²) in [6.07, 6.45) is 4.94. The van der Waals surface area contributed by atoms with Crippen molar-refractivity contribution in [2.24, 2.45) is 0 Å². The Morgan fingerprint density at radius 1 is 1.10 bits per heavy atom. The summed E-state index contributed by atoms with van der Waals surface area (Å²) in [5, 5.41) is 4.34. The van der Waals surface area contributed by atoms with E-state index in [4.69, 9.17) is 11.6 Å². The van der Waals surface area contributed by atoms with E-state index in [9.17, 15) is 0 Å². The number of hydrogen-bond donors (Lipinski definition) is 1. The second-order valence-corrected chi connectivity index (χ2v) is 6.44. The third-order valence-electron chi connectivity index (χ3n) is 3.65. The van der Waals surface area contributed by atoms with Crippen LogP contribution in [0.25, 0.3) is 0 Å². The Morgan fingerprint density at radius 3 is 2.24 bits per heavy atom. The van der Waals surface area contributed by atoms with E-state index in [2.05, 4.69) is 50.0 Å². The molecule has 0 aromatic heterocycles. The van der Waals surface area contributed by atoms with Crippen LogP contribution in [0, 0.1) is 0 Å². The summed E-state index contributed by atoms with van der Waals surface area (Å²) in [4.78, 5) is 2.53. The third kappa shape index (κ3) is 6.71. The largest absolute Gasteiger partial charge is 0.371 e. The molecule has 0 aliphatic carbocycles. The van der Waals surface area contributed by atoms with Crippen molar-refractivity contribution < 1.29 is 0 Å². The van der Waals surface area contributed by atoms with Crippen molar-refractivity contribution in [1.29, 1.82) is 0 Å². The van der Waals surface area contributed by atoms with E-state index in [0.29, 0.717) is 6.04 Å². The fraction of sp³-hybridized carbons (Fsp3) is 0.667. The van der Waals surface area contributed by atoms with Crippen LogP contribution in [0.15, 0.2) is 18.2 Å². The van der Waals surface area contributed by atoms with Crippen LogP contribution in [0.1, 0.15) is 58.9 Å². The normalized spacial score (nSPS) is 11.1. The van der Waals surface area contributed by atoms with Crippen molar-refractivity contribution in [3.63, 3.8) is 0 Å². The van der Waals surface area contributed by atoms with Crippen molar-refractivity contribution >= 4 is 17.3 Å². The first kappa shape index (κ1) is 18.3. The van der Waals surface area contributed by atoms with E-state index >= 15 is 0 Å². The molecule has 0 heterocycles. The van der Waals surface area contributed by atoms with Crippen LogP contribution in [-0.2, 0) is 6.54 Å². The molecule has 0 fully saturated rings. The summed E-state index contributed by atoms with van der Waals surface area (Å²) in [5.41, 5.74) is 2.65. The smallest absolute Gasteiger partial charge is 0.0412 e. The third-order valence-corrected chi connectivity index (χ3v) is 3.88. The van der Waals surface area contributed by atoms with Gasteiger partial charge in [0.05, 0.1) is 0 Å². The van der Waals surface area contributed by atoms with Crippen LogP contribution in [0.5, 0.6) is 0 Å². The zero-order chi connectivity index (χ0) is 15.7. The molecule has 0 spiro atoms. The maximum atomic E-state index is 6.20. The van der Waals surface area contributed by atoms with Gasteiger partial charge in [0, 0.05) is 36.4 Å². The number of nitrogens with one attached hydrogen (secondary N) is 1. The first-order chi connectivity index (χ1) is 10.1. The summed E-state index contributed by atoms with van der Waals surface area (Å²) in [6, 6.07) is 6.79. The molecule has 0 bridgehead atoms. The molecular formula is C18H31ClN2. The van der Waals surface area contributed by atoms with E-state index in [1.54, 1.807) is 0 Å². The summed E-state index contributed by atoms with van der Waals surface area (Å²) in [7, 11) is 0. The molecule has 2 nitrogen and oxygen atoms in total. The van der Waals surface area contributed by atoms with E-state index in [1.807, 2.05) is 6.07 Å². The highest BCUT2D eigenvalue weighted by Gasteiger charge is 2.11. The number of halogens is 1. The van der Waals surface area contributed by atoms with Crippen LogP contribution < -0.4 is 10.2 Å². The predicted octanol–water partition coefficient (Wildman–Crippen LogP) is 5.24. The lowest BCUT2D eigenvalue weighted by Gasteiger charge is -2.28. The standard InChI is InChI=1S/C18H31ClN2/c1-5-7-11-21(12-8-6-2)18-10-9-17(19)13-16(18)14-20-15(3)4/h9-10,13,15,20H,5-8,11-12,14H2,1-4H3. The minimum absolute atomic E-state index is 0.483. The molecule has 1 rings (SSSR count). The number of unbranched alkanes of at least 4 members (excludes halogenated alkanes) is 2. The quantitative estimate of drug-likeness (QED) is 0.635. The Morgan fingerprint density at radius 2 is 1.71 bits per heavy atom. The van der Waals surface area contributed by atoms with Gasteiger partial charge in [-0.3, -0.25) is 0 Å².